The maximum absolute atomic E-state index is 11.1. The number of pyridine rings is 1. The third kappa shape index (κ3) is 2.90. The first-order valence-electron chi connectivity index (χ1n) is 5.22. The topological polar surface area (TPSA) is 112 Å². The summed E-state index contributed by atoms with van der Waals surface area (Å²) in [6.45, 7) is 0. The van der Waals surface area contributed by atoms with Crippen LogP contribution in [0.5, 0.6) is 0 Å². The van der Waals surface area contributed by atoms with Crippen molar-refractivity contribution >= 4 is 49.5 Å². The highest BCUT2D eigenvalue weighted by molar-refractivity contribution is 9.25. The molecule has 1 aromatic heterocycles. The molecule has 0 amide bonds. The quantitative estimate of drug-likeness (QED) is 0.436. The van der Waals surface area contributed by atoms with Crippen LogP contribution in [0, 0.1) is 20.2 Å². The summed E-state index contributed by atoms with van der Waals surface area (Å²) in [7, 11) is 0. The zero-order chi connectivity index (χ0) is 14.9. The Kier molecular flexibility index (Phi) is 3.95. The largest absolute Gasteiger partial charge is 0.297 e. The molecule has 0 atom stereocenters. The van der Waals surface area contributed by atoms with Crippen LogP contribution in [0.2, 0.25) is 0 Å². The van der Waals surface area contributed by atoms with Crippen molar-refractivity contribution in [2.24, 2.45) is 4.99 Å². The molecule has 8 nitrogen and oxygen atoms in total. The number of nitro groups is 2. The Labute approximate surface area is 129 Å². The number of halogens is 2. The molecule has 1 aliphatic rings. The van der Waals surface area contributed by atoms with Gasteiger partial charge in [0.1, 0.15) is 3.23 Å². The highest BCUT2D eigenvalue weighted by Crippen LogP contribution is 2.40. The molecule has 2 rings (SSSR count). The van der Waals surface area contributed by atoms with Gasteiger partial charge in [-0.1, -0.05) is 31.9 Å². The summed E-state index contributed by atoms with van der Waals surface area (Å²) in [5.41, 5.74) is -0.786. The molecule has 0 spiro atoms. The minimum Gasteiger partial charge on any atom is -0.259 e. The molecule has 0 bridgehead atoms. The van der Waals surface area contributed by atoms with E-state index < -0.39 is 13.1 Å². The zero-order valence-electron chi connectivity index (χ0n) is 9.69. The summed E-state index contributed by atoms with van der Waals surface area (Å²) in [5, 5.41) is 22.1. The average molecular weight is 406 g/mol. The number of allylic oxidation sites excluding steroid dienone is 1. The van der Waals surface area contributed by atoms with Crippen LogP contribution in [0.1, 0.15) is 12.1 Å². The third-order valence-electron chi connectivity index (χ3n) is 2.49. The molecule has 0 unspecified atom stereocenters. The standard InChI is InChI=1S/C10H6Br2N4O4/c11-10(12)4-7(16(19)20)9(14-5-10)8-6(15(17)18)2-1-3-13-8/h1-3,5H,4H2. The molecule has 0 aliphatic carbocycles. The normalized spacial score (nSPS) is 17.1. The van der Waals surface area contributed by atoms with Crippen LogP contribution in [0.25, 0.3) is 5.70 Å². The van der Waals surface area contributed by atoms with Gasteiger partial charge in [0.2, 0.25) is 0 Å². The highest BCUT2D eigenvalue weighted by atomic mass is 79.9. The number of aliphatic imine (C=N–C) groups is 1. The van der Waals surface area contributed by atoms with E-state index in [1.54, 1.807) is 0 Å². The Morgan fingerprint density at radius 1 is 1.25 bits per heavy atom. The van der Waals surface area contributed by atoms with E-state index in [1.807, 2.05) is 0 Å². The maximum atomic E-state index is 11.1. The zero-order valence-corrected chi connectivity index (χ0v) is 12.9. The fourth-order valence-corrected chi connectivity index (χ4v) is 2.40. The van der Waals surface area contributed by atoms with Gasteiger partial charge in [-0.05, 0) is 6.07 Å². The van der Waals surface area contributed by atoms with Crippen molar-refractivity contribution in [2.75, 3.05) is 0 Å². The van der Waals surface area contributed by atoms with Gasteiger partial charge in [-0.2, -0.15) is 0 Å². The van der Waals surface area contributed by atoms with Gasteiger partial charge in [0.25, 0.3) is 11.4 Å². The van der Waals surface area contributed by atoms with Crippen molar-refractivity contribution in [1.82, 2.24) is 4.98 Å². The Bertz CT molecular complexity index is 656. The van der Waals surface area contributed by atoms with Crippen LogP contribution >= 0.6 is 31.9 Å². The van der Waals surface area contributed by atoms with Gasteiger partial charge >= 0.3 is 0 Å². The smallest absolute Gasteiger partial charge is 0.259 e. The van der Waals surface area contributed by atoms with E-state index in [1.165, 1.54) is 24.5 Å². The summed E-state index contributed by atoms with van der Waals surface area (Å²) in [6, 6.07) is 2.62. The summed E-state index contributed by atoms with van der Waals surface area (Å²) in [4.78, 5) is 28.7. The van der Waals surface area contributed by atoms with E-state index in [2.05, 4.69) is 41.8 Å². The van der Waals surface area contributed by atoms with E-state index in [0.717, 1.165) is 0 Å². The Hall–Kier alpha value is -1.68. The van der Waals surface area contributed by atoms with Crippen molar-refractivity contribution < 1.29 is 9.85 Å². The second-order valence-corrected chi connectivity index (χ2v) is 7.77. The summed E-state index contributed by atoms with van der Waals surface area (Å²) < 4.78 is -0.838. The van der Waals surface area contributed by atoms with E-state index >= 15 is 0 Å². The van der Waals surface area contributed by atoms with Gasteiger partial charge in [0.15, 0.2) is 11.4 Å². The van der Waals surface area contributed by atoms with Crippen molar-refractivity contribution in [3.05, 3.63) is 49.9 Å². The van der Waals surface area contributed by atoms with Crippen LogP contribution in [0.15, 0.2) is 29.0 Å². The Morgan fingerprint density at radius 2 is 1.95 bits per heavy atom. The fraction of sp³-hybridized carbons (Fsp3) is 0.200. The molecule has 1 aliphatic heterocycles. The van der Waals surface area contributed by atoms with Crippen molar-refractivity contribution in [3.8, 4) is 0 Å². The predicted octanol–water partition coefficient (Wildman–Crippen LogP) is 2.90. The van der Waals surface area contributed by atoms with Crippen LogP contribution in [0.3, 0.4) is 0 Å². The molecule has 0 saturated heterocycles. The van der Waals surface area contributed by atoms with Crippen LogP contribution in [-0.2, 0) is 0 Å². The molecular weight excluding hydrogens is 400 g/mol. The maximum Gasteiger partial charge on any atom is 0.297 e. The van der Waals surface area contributed by atoms with Gasteiger partial charge in [0.05, 0.1) is 16.3 Å². The van der Waals surface area contributed by atoms with Crippen LogP contribution in [0.4, 0.5) is 5.69 Å². The third-order valence-corrected chi connectivity index (χ3v) is 3.46. The minimum atomic E-state index is -0.838. The molecule has 1 aromatic rings. The first kappa shape index (κ1) is 14.7. The van der Waals surface area contributed by atoms with Crippen LogP contribution < -0.4 is 0 Å². The van der Waals surface area contributed by atoms with Gasteiger partial charge in [-0.15, -0.1) is 0 Å². The second-order valence-electron chi connectivity index (χ2n) is 3.88. The Morgan fingerprint density at radius 3 is 2.55 bits per heavy atom. The van der Waals surface area contributed by atoms with E-state index in [4.69, 9.17) is 0 Å². The minimum absolute atomic E-state index is 0.0213. The van der Waals surface area contributed by atoms with Crippen molar-refractivity contribution in [3.63, 3.8) is 0 Å². The second kappa shape index (κ2) is 5.37. The van der Waals surface area contributed by atoms with Gasteiger partial charge in [-0.3, -0.25) is 20.2 Å². The van der Waals surface area contributed by atoms with Crippen molar-refractivity contribution in [2.45, 2.75) is 9.65 Å². The van der Waals surface area contributed by atoms with Gasteiger partial charge in [0, 0.05) is 18.5 Å². The first-order chi connectivity index (χ1) is 9.32. The Balaban J connectivity index is 2.64. The van der Waals surface area contributed by atoms with Crippen LogP contribution in [-0.4, -0.2) is 24.3 Å². The first-order valence-corrected chi connectivity index (χ1v) is 6.81. The van der Waals surface area contributed by atoms with E-state index in [9.17, 15) is 20.2 Å². The molecule has 0 radical (unpaired) electrons. The molecular formula is C10H6Br2N4O4. The summed E-state index contributed by atoms with van der Waals surface area (Å²) >= 11 is 6.45. The molecule has 0 saturated carbocycles. The summed E-state index contributed by atoms with van der Waals surface area (Å²) in [5.74, 6) is 0. The molecule has 0 fully saturated rings. The molecule has 0 aromatic carbocycles. The number of nitrogens with zero attached hydrogens (tertiary/aromatic N) is 4. The molecule has 2 heterocycles. The predicted molar refractivity (Wildman–Crippen MR) is 78.5 cm³/mol. The lowest BCUT2D eigenvalue weighted by Crippen LogP contribution is -2.22. The number of hydrogen-bond acceptors (Lipinski definition) is 6. The van der Waals surface area contributed by atoms with E-state index in [0.29, 0.717) is 0 Å². The number of rotatable bonds is 3. The van der Waals surface area contributed by atoms with Crippen molar-refractivity contribution in [1.29, 1.82) is 0 Å². The average Bonchev–Trinajstić information content (AvgIpc) is 2.37. The summed E-state index contributed by atoms with van der Waals surface area (Å²) in [6.07, 6.45) is 2.70. The number of hydrogen-bond donors (Lipinski definition) is 0. The monoisotopic (exact) mass is 404 g/mol. The van der Waals surface area contributed by atoms with E-state index in [-0.39, 0.29) is 29.2 Å². The number of aromatic nitrogens is 1. The van der Waals surface area contributed by atoms with Gasteiger partial charge in [-0.25, -0.2) is 9.98 Å². The lowest BCUT2D eigenvalue weighted by molar-refractivity contribution is -0.427. The lowest BCUT2D eigenvalue weighted by atomic mass is 10.1. The fourth-order valence-electron chi connectivity index (χ4n) is 1.66. The molecule has 104 valence electrons. The molecule has 0 N–H and O–H groups in total. The lowest BCUT2D eigenvalue weighted by Gasteiger charge is -2.18. The highest BCUT2D eigenvalue weighted by Gasteiger charge is 2.37. The van der Waals surface area contributed by atoms with Gasteiger partial charge < -0.3 is 0 Å². The number of alkyl halides is 2. The molecule has 10 heteroatoms. The molecule has 20 heavy (non-hydrogen) atoms. The SMILES string of the molecule is O=[N+]([O-])C1=C(c2ncccc2[N+](=O)[O-])N=CC(Br)(Br)C1.